The lowest BCUT2D eigenvalue weighted by atomic mass is 9.74. The molecule has 5 nitrogen and oxygen atoms in total. The first-order valence-corrected chi connectivity index (χ1v) is 7.92. The van der Waals surface area contributed by atoms with Gasteiger partial charge in [0.25, 0.3) is 0 Å². The quantitative estimate of drug-likeness (QED) is 0.365. The molecular formula is C14H23N4OS+. The van der Waals surface area contributed by atoms with Crippen LogP contribution in [0.15, 0.2) is 17.3 Å². The molecule has 0 aromatic rings. The number of hydrazone groups is 1. The summed E-state index contributed by atoms with van der Waals surface area (Å²) in [5, 5.41) is 8.30. The number of nitrogens with zero attached hydrogens (tertiary/aromatic N) is 1. The fourth-order valence-corrected chi connectivity index (χ4v) is 3.24. The molecule has 0 bridgehead atoms. The molecule has 6 heteroatoms. The van der Waals surface area contributed by atoms with E-state index in [9.17, 15) is 0 Å². The lowest BCUT2D eigenvalue weighted by Gasteiger charge is -2.32. The van der Waals surface area contributed by atoms with E-state index < -0.39 is 0 Å². The van der Waals surface area contributed by atoms with Gasteiger partial charge >= 0.3 is 0 Å². The first-order chi connectivity index (χ1) is 9.83. The molecule has 2 fully saturated rings. The summed E-state index contributed by atoms with van der Waals surface area (Å²) in [7, 11) is 0. The summed E-state index contributed by atoms with van der Waals surface area (Å²) in [5.41, 5.74) is 4.25. The molecule has 2 atom stereocenters. The number of quaternary nitrogens is 1. The highest BCUT2D eigenvalue weighted by atomic mass is 32.1. The smallest absolute Gasteiger partial charge is 0.187 e. The van der Waals surface area contributed by atoms with Crippen LogP contribution in [0.3, 0.4) is 0 Å². The van der Waals surface area contributed by atoms with Gasteiger partial charge in [0.15, 0.2) is 5.11 Å². The third kappa shape index (κ3) is 3.37. The van der Waals surface area contributed by atoms with Gasteiger partial charge in [-0.15, -0.1) is 0 Å². The van der Waals surface area contributed by atoms with Crippen molar-refractivity contribution in [2.24, 2.45) is 16.9 Å². The summed E-state index contributed by atoms with van der Waals surface area (Å²) in [5.74, 6) is 1.38. The predicted molar refractivity (Wildman–Crippen MR) is 82.9 cm³/mol. The van der Waals surface area contributed by atoms with Crippen molar-refractivity contribution in [2.75, 3.05) is 39.4 Å². The van der Waals surface area contributed by atoms with E-state index in [0.717, 1.165) is 58.2 Å². The molecule has 1 heterocycles. The van der Waals surface area contributed by atoms with E-state index in [2.05, 4.69) is 28.0 Å². The van der Waals surface area contributed by atoms with E-state index in [4.69, 9.17) is 17.0 Å². The standard InChI is InChI=1S/C14H22N4OS/c20-14(15-4-5-18-6-8-19-9-7-18)17-16-13-10-11-2-1-3-12(11)13/h1-2,11-12H,3-10H2,(H2,15,17,20)/p+1/b16-13-/t11-,12+/m1/s1. The van der Waals surface area contributed by atoms with Crippen LogP contribution in [0.4, 0.5) is 0 Å². The molecule has 1 aliphatic heterocycles. The number of thiocarbonyl (C=S) groups is 1. The van der Waals surface area contributed by atoms with E-state index in [0.29, 0.717) is 11.0 Å². The van der Waals surface area contributed by atoms with Gasteiger partial charge in [0.2, 0.25) is 0 Å². The Morgan fingerprint density at radius 3 is 3.10 bits per heavy atom. The number of fused-ring (bicyclic) bond motifs is 1. The summed E-state index contributed by atoms with van der Waals surface area (Å²) in [6.45, 7) is 5.92. The monoisotopic (exact) mass is 295 g/mol. The first-order valence-electron chi connectivity index (χ1n) is 7.51. The van der Waals surface area contributed by atoms with Gasteiger partial charge in [0.1, 0.15) is 13.1 Å². The summed E-state index contributed by atoms with van der Waals surface area (Å²) < 4.78 is 5.34. The maximum Gasteiger partial charge on any atom is 0.187 e. The van der Waals surface area contributed by atoms with Crippen molar-refractivity contribution in [1.82, 2.24) is 10.7 Å². The molecule has 0 unspecified atom stereocenters. The zero-order valence-corrected chi connectivity index (χ0v) is 12.5. The first kappa shape index (κ1) is 14.0. The van der Waals surface area contributed by atoms with Crippen molar-refractivity contribution in [1.29, 1.82) is 0 Å². The van der Waals surface area contributed by atoms with Crippen LogP contribution in [-0.2, 0) is 4.74 Å². The number of morpholine rings is 1. The molecule has 3 N–H and O–H groups in total. The van der Waals surface area contributed by atoms with Crippen LogP contribution in [0.5, 0.6) is 0 Å². The second kappa shape index (κ2) is 6.65. The van der Waals surface area contributed by atoms with Gasteiger partial charge in [-0.3, -0.25) is 5.43 Å². The normalized spacial score (nSPS) is 30.9. The molecule has 1 saturated heterocycles. The molecule has 0 spiro atoms. The second-order valence-corrected chi connectivity index (χ2v) is 6.13. The largest absolute Gasteiger partial charge is 0.370 e. The Labute approximate surface area is 125 Å². The minimum absolute atomic E-state index is 0.638. The third-order valence-corrected chi connectivity index (χ3v) is 4.66. The van der Waals surface area contributed by atoms with E-state index in [1.165, 1.54) is 5.71 Å². The Bertz CT molecular complexity index is 417. The average Bonchev–Trinajstić information content (AvgIpc) is 2.82. The van der Waals surface area contributed by atoms with Gasteiger partial charge in [-0.25, -0.2) is 0 Å². The minimum Gasteiger partial charge on any atom is -0.370 e. The van der Waals surface area contributed by atoms with E-state index in [-0.39, 0.29) is 0 Å². The maximum atomic E-state index is 5.34. The van der Waals surface area contributed by atoms with Gasteiger partial charge in [-0.05, 0) is 31.0 Å². The van der Waals surface area contributed by atoms with Crippen molar-refractivity contribution in [2.45, 2.75) is 12.8 Å². The van der Waals surface area contributed by atoms with E-state index in [1.54, 1.807) is 4.90 Å². The van der Waals surface area contributed by atoms with Crippen LogP contribution >= 0.6 is 12.2 Å². The lowest BCUT2D eigenvalue weighted by Crippen LogP contribution is -3.14. The van der Waals surface area contributed by atoms with E-state index in [1.807, 2.05) is 0 Å². The van der Waals surface area contributed by atoms with Crippen LogP contribution < -0.4 is 15.6 Å². The number of allylic oxidation sites excluding steroid dienone is 2. The molecule has 3 rings (SSSR count). The molecule has 0 radical (unpaired) electrons. The fraction of sp³-hybridized carbons (Fsp3) is 0.714. The SMILES string of the molecule is S=C(NCC[NH+]1CCOCC1)N/N=C1/C[C@H]2C=CC[C@H]12. The van der Waals surface area contributed by atoms with Crippen molar-refractivity contribution >= 4 is 23.0 Å². The molecule has 110 valence electrons. The highest BCUT2D eigenvalue weighted by Crippen LogP contribution is 2.39. The molecular weight excluding hydrogens is 272 g/mol. The topological polar surface area (TPSA) is 50.1 Å². The van der Waals surface area contributed by atoms with E-state index >= 15 is 0 Å². The average molecular weight is 295 g/mol. The number of ether oxygens (including phenoxy) is 1. The van der Waals surface area contributed by atoms with Crippen LogP contribution in [-0.4, -0.2) is 50.2 Å². The van der Waals surface area contributed by atoms with Gasteiger partial charge in [0, 0.05) is 11.6 Å². The van der Waals surface area contributed by atoms with Crippen LogP contribution in [0, 0.1) is 11.8 Å². The van der Waals surface area contributed by atoms with Crippen molar-refractivity contribution in [3.05, 3.63) is 12.2 Å². The van der Waals surface area contributed by atoms with Crippen LogP contribution in [0.1, 0.15) is 12.8 Å². The van der Waals surface area contributed by atoms with Crippen molar-refractivity contribution in [3.63, 3.8) is 0 Å². The van der Waals surface area contributed by atoms with Gasteiger partial charge in [-0.1, -0.05) is 12.2 Å². The number of nitrogens with one attached hydrogen (secondary N) is 3. The Morgan fingerprint density at radius 1 is 1.45 bits per heavy atom. The molecule has 0 amide bonds. The summed E-state index contributed by atoms with van der Waals surface area (Å²) in [6.07, 6.45) is 6.81. The molecule has 3 aliphatic rings. The third-order valence-electron chi connectivity index (χ3n) is 4.43. The number of hydrogen-bond donors (Lipinski definition) is 3. The Kier molecular flexibility index (Phi) is 4.65. The Hall–Kier alpha value is -0.980. The minimum atomic E-state index is 0.638. The van der Waals surface area contributed by atoms with Crippen LogP contribution in [0.25, 0.3) is 0 Å². The highest BCUT2D eigenvalue weighted by Gasteiger charge is 2.37. The van der Waals surface area contributed by atoms with Crippen molar-refractivity contribution < 1.29 is 9.64 Å². The lowest BCUT2D eigenvalue weighted by molar-refractivity contribution is -0.906. The highest BCUT2D eigenvalue weighted by molar-refractivity contribution is 7.80. The Balaban J connectivity index is 1.30. The Morgan fingerprint density at radius 2 is 2.30 bits per heavy atom. The summed E-state index contributed by atoms with van der Waals surface area (Å²) in [4.78, 5) is 1.58. The zero-order valence-electron chi connectivity index (χ0n) is 11.7. The zero-order chi connectivity index (χ0) is 13.8. The molecule has 20 heavy (non-hydrogen) atoms. The molecule has 0 aromatic carbocycles. The number of hydrogen-bond acceptors (Lipinski definition) is 3. The molecule has 2 aliphatic carbocycles. The molecule has 1 saturated carbocycles. The summed E-state index contributed by atoms with van der Waals surface area (Å²) >= 11 is 5.25. The summed E-state index contributed by atoms with van der Waals surface area (Å²) in [6, 6.07) is 0. The van der Waals surface area contributed by atoms with Gasteiger partial charge < -0.3 is 15.0 Å². The fourth-order valence-electron chi connectivity index (χ4n) is 3.09. The van der Waals surface area contributed by atoms with Gasteiger partial charge in [-0.2, -0.15) is 5.10 Å². The molecule has 0 aromatic heterocycles. The predicted octanol–water partition coefficient (Wildman–Crippen LogP) is -0.682. The van der Waals surface area contributed by atoms with Crippen molar-refractivity contribution in [3.8, 4) is 0 Å². The van der Waals surface area contributed by atoms with Gasteiger partial charge in [0.05, 0.1) is 26.3 Å². The number of rotatable bonds is 4. The van der Waals surface area contributed by atoms with Crippen LogP contribution in [0.2, 0.25) is 0 Å². The second-order valence-electron chi connectivity index (χ2n) is 5.72. The maximum absolute atomic E-state index is 5.34.